The summed E-state index contributed by atoms with van der Waals surface area (Å²) in [6, 6.07) is 5.24. The topological polar surface area (TPSA) is 57.2 Å². The van der Waals surface area contributed by atoms with Gasteiger partial charge in [0.05, 0.1) is 6.07 Å². The first-order valence-electron chi connectivity index (χ1n) is 5.04. The summed E-state index contributed by atoms with van der Waals surface area (Å²) in [5.74, 6) is -0.123. The zero-order valence-corrected chi connectivity index (χ0v) is 9.62. The van der Waals surface area contributed by atoms with Gasteiger partial charge in [-0.1, -0.05) is 0 Å². The van der Waals surface area contributed by atoms with E-state index in [4.69, 9.17) is 21.3 Å². The summed E-state index contributed by atoms with van der Waals surface area (Å²) in [6.45, 7) is 0. The molecule has 84 valence electrons. The van der Waals surface area contributed by atoms with E-state index in [1.165, 1.54) is 17.0 Å². The molecule has 0 unspecified atom stereocenters. The van der Waals surface area contributed by atoms with Gasteiger partial charge in [0.2, 0.25) is 0 Å². The maximum atomic E-state index is 12.0. The van der Waals surface area contributed by atoms with Crippen LogP contribution in [0.3, 0.4) is 0 Å². The molecule has 2 rings (SSSR count). The number of hydrogen-bond donors (Lipinski definition) is 0. The van der Waals surface area contributed by atoms with Crippen molar-refractivity contribution in [2.24, 2.45) is 0 Å². The molecule has 16 heavy (non-hydrogen) atoms. The van der Waals surface area contributed by atoms with Gasteiger partial charge in [0.15, 0.2) is 11.0 Å². The third-order valence-corrected chi connectivity index (χ3v) is 3.32. The maximum absolute atomic E-state index is 12.0. The first-order chi connectivity index (χ1) is 7.59. The van der Waals surface area contributed by atoms with Crippen molar-refractivity contribution in [1.82, 2.24) is 4.90 Å². The summed E-state index contributed by atoms with van der Waals surface area (Å²) >= 11 is 5.60. The standard InChI is InChI=1S/C11H11ClN2O2/c1-14(11(7-13)5-2-6-11)10(15)8-3-4-9(12)16-8/h3-4H,2,5-6H2,1H3. The first kappa shape index (κ1) is 11.0. The lowest BCUT2D eigenvalue weighted by Gasteiger charge is -2.42. The van der Waals surface area contributed by atoms with E-state index in [-0.39, 0.29) is 16.9 Å². The Balaban J connectivity index is 2.20. The molecule has 1 heterocycles. The van der Waals surface area contributed by atoms with Crippen LogP contribution in [0, 0.1) is 11.3 Å². The third-order valence-electron chi connectivity index (χ3n) is 3.12. The third kappa shape index (κ3) is 1.57. The zero-order chi connectivity index (χ0) is 11.8. The van der Waals surface area contributed by atoms with Crippen molar-refractivity contribution in [1.29, 1.82) is 5.26 Å². The molecule has 0 aliphatic heterocycles. The number of furan rings is 1. The molecule has 0 saturated heterocycles. The van der Waals surface area contributed by atoms with Gasteiger partial charge in [-0.25, -0.2) is 0 Å². The summed E-state index contributed by atoms with van der Waals surface area (Å²) in [7, 11) is 1.63. The Labute approximate surface area is 98.4 Å². The molecule has 4 nitrogen and oxygen atoms in total. The fraction of sp³-hybridized carbons (Fsp3) is 0.455. The Hall–Kier alpha value is -1.47. The van der Waals surface area contributed by atoms with Crippen molar-refractivity contribution in [3.8, 4) is 6.07 Å². The second-order valence-electron chi connectivity index (χ2n) is 3.96. The zero-order valence-electron chi connectivity index (χ0n) is 8.86. The molecular formula is C11H11ClN2O2. The number of carbonyl (C=O) groups is 1. The molecule has 0 bridgehead atoms. The average Bonchev–Trinajstić information content (AvgIpc) is 2.63. The lowest BCUT2D eigenvalue weighted by atomic mass is 9.76. The van der Waals surface area contributed by atoms with E-state index >= 15 is 0 Å². The fourth-order valence-electron chi connectivity index (χ4n) is 1.82. The normalized spacial score (nSPS) is 17.3. The van der Waals surface area contributed by atoms with Gasteiger partial charge in [0.1, 0.15) is 5.54 Å². The van der Waals surface area contributed by atoms with Crippen molar-refractivity contribution < 1.29 is 9.21 Å². The lowest BCUT2D eigenvalue weighted by Crippen LogP contribution is -2.53. The first-order valence-corrected chi connectivity index (χ1v) is 5.42. The molecular weight excluding hydrogens is 228 g/mol. The summed E-state index contributed by atoms with van der Waals surface area (Å²) in [5, 5.41) is 9.28. The molecule has 0 atom stereocenters. The molecule has 1 aliphatic rings. The molecule has 0 radical (unpaired) electrons. The fourth-order valence-corrected chi connectivity index (χ4v) is 1.97. The van der Waals surface area contributed by atoms with Crippen molar-refractivity contribution in [3.63, 3.8) is 0 Å². The van der Waals surface area contributed by atoms with E-state index in [2.05, 4.69) is 6.07 Å². The van der Waals surface area contributed by atoms with Gasteiger partial charge in [-0.15, -0.1) is 0 Å². The molecule has 5 heteroatoms. The number of nitriles is 1. The van der Waals surface area contributed by atoms with E-state index in [1.54, 1.807) is 7.05 Å². The van der Waals surface area contributed by atoms with Crippen LogP contribution in [0.2, 0.25) is 5.22 Å². The second-order valence-corrected chi connectivity index (χ2v) is 4.34. The van der Waals surface area contributed by atoms with Gasteiger partial charge < -0.3 is 9.32 Å². The van der Waals surface area contributed by atoms with Crippen LogP contribution in [-0.4, -0.2) is 23.4 Å². The average molecular weight is 239 g/mol. The summed E-state index contributed by atoms with van der Waals surface area (Å²) in [5.41, 5.74) is -0.656. The highest BCUT2D eigenvalue weighted by atomic mass is 35.5. The molecule has 1 aromatic heterocycles. The number of carbonyl (C=O) groups excluding carboxylic acids is 1. The highest BCUT2D eigenvalue weighted by Crippen LogP contribution is 2.37. The Morgan fingerprint density at radius 2 is 2.31 bits per heavy atom. The molecule has 1 saturated carbocycles. The Kier molecular flexibility index (Phi) is 2.64. The van der Waals surface area contributed by atoms with Gasteiger partial charge in [-0.3, -0.25) is 4.79 Å². The van der Waals surface area contributed by atoms with E-state index in [0.29, 0.717) is 0 Å². The Morgan fingerprint density at radius 1 is 1.62 bits per heavy atom. The highest BCUT2D eigenvalue weighted by Gasteiger charge is 2.44. The number of rotatable bonds is 2. The van der Waals surface area contributed by atoms with Crippen LogP contribution in [0.25, 0.3) is 0 Å². The van der Waals surface area contributed by atoms with Crippen LogP contribution in [-0.2, 0) is 0 Å². The number of hydrogen-bond acceptors (Lipinski definition) is 3. The molecule has 1 aliphatic carbocycles. The highest BCUT2D eigenvalue weighted by molar-refractivity contribution is 6.29. The van der Waals surface area contributed by atoms with E-state index in [1.807, 2.05) is 0 Å². The smallest absolute Gasteiger partial charge is 0.290 e. The lowest BCUT2D eigenvalue weighted by molar-refractivity contribution is 0.0467. The predicted octanol–water partition coefficient (Wildman–Crippen LogP) is 2.45. The molecule has 1 aromatic rings. The predicted molar refractivity (Wildman–Crippen MR) is 58.0 cm³/mol. The molecule has 1 amide bonds. The van der Waals surface area contributed by atoms with Gasteiger partial charge in [0, 0.05) is 7.05 Å². The minimum Gasteiger partial charge on any atom is -0.440 e. The molecule has 1 fully saturated rings. The summed E-state index contributed by atoms with van der Waals surface area (Å²) < 4.78 is 5.04. The monoisotopic (exact) mass is 238 g/mol. The van der Waals surface area contributed by atoms with E-state index in [0.717, 1.165) is 19.3 Å². The number of nitrogens with zero attached hydrogens (tertiary/aromatic N) is 2. The minimum atomic E-state index is -0.656. The van der Waals surface area contributed by atoms with Crippen molar-refractivity contribution in [3.05, 3.63) is 23.1 Å². The maximum Gasteiger partial charge on any atom is 0.290 e. The summed E-state index contributed by atoms with van der Waals surface area (Å²) in [6.07, 6.45) is 2.42. The molecule has 0 aromatic carbocycles. The minimum absolute atomic E-state index is 0.175. The van der Waals surface area contributed by atoms with Gasteiger partial charge in [0.25, 0.3) is 5.91 Å². The van der Waals surface area contributed by atoms with Gasteiger partial charge in [-0.2, -0.15) is 5.26 Å². The quantitative estimate of drug-likeness (QED) is 0.795. The van der Waals surface area contributed by atoms with Crippen LogP contribution in [0.5, 0.6) is 0 Å². The largest absolute Gasteiger partial charge is 0.440 e. The SMILES string of the molecule is CN(C(=O)c1ccc(Cl)o1)C1(C#N)CCC1. The summed E-state index contributed by atoms with van der Waals surface area (Å²) in [4.78, 5) is 13.4. The van der Waals surface area contributed by atoms with Crippen LogP contribution >= 0.6 is 11.6 Å². The second kappa shape index (κ2) is 3.84. The van der Waals surface area contributed by atoms with E-state index in [9.17, 15) is 4.79 Å². The van der Waals surface area contributed by atoms with Gasteiger partial charge in [-0.05, 0) is 43.0 Å². The van der Waals surface area contributed by atoms with Crippen LogP contribution in [0.1, 0.15) is 29.8 Å². The van der Waals surface area contributed by atoms with Crippen LogP contribution in [0.15, 0.2) is 16.5 Å². The van der Waals surface area contributed by atoms with Crippen molar-refractivity contribution in [2.45, 2.75) is 24.8 Å². The molecule has 0 N–H and O–H groups in total. The van der Waals surface area contributed by atoms with Crippen molar-refractivity contribution in [2.75, 3.05) is 7.05 Å². The Morgan fingerprint density at radius 3 is 2.69 bits per heavy atom. The number of halogens is 1. The van der Waals surface area contributed by atoms with Crippen molar-refractivity contribution >= 4 is 17.5 Å². The Bertz CT molecular complexity index is 457. The van der Waals surface area contributed by atoms with Crippen LogP contribution in [0.4, 0.5) is 0 Å². The number of amides is 1. The van der Waals surface area contributed by atoms with Crippen LogP contribution < -0.4 is 0 Å². The molecule has 0 spiro atoms. The van der Waals surface area contributed by atoms with E-state index < -0.39 is 5.54 Å². The van der Waals surface area contributed by atoms with Gasteiger partial charge >= 0.3 is 0 Å².